The van der Waals surface area contributed by atoms with Crippen molar-refractivity contribution in [3.8, 4) is 0 Å². The van der Waals surface area contributed by atoms with Crippen LogP contribution in [-0.2, 0) is 9.59 Å². The Morgan fingerprint density at radius 3 is 2.06 bits per heavy atom. The van der Waals surface area contributed by atoms with Crippen molar-refractivity contribution in [3.05, 3.63) is 0 Å². The predicted octanol–water partition coefficient (Wildman–Crippen LogP) is -0.114. The highest BCUT2D eigenvalue weighted by Crippen LogP contribution is 2.24. The van der Waals surface area contributed by atoms with Crippen molar-refractivity contribution in [1.82, 2.24) is 9.80 Å². The van der Waals surface area contributed by atoms with Gasteiger partial charge in [0.25, 0.3) is 0 Å². The van der Waals surface area contributed by atoms with Gasteiger partial charge >= 0.3 is 6.03 Å². The zero-order valence-electron chi connectivity index (χ0n) is 9.21. The number of urea groups is 1. The lowest BCUT2D eigenvalue weighted by Crippen LogP contribution is -2.57. The smallest absolute Gasteiger partial charge is 0.293 e. The van der Waals surface area contributed by atoms with Crippen molar-refractivity contribution in [2.75, 3.05) is 14.1 Å². The fraction of sp³-hybridized carbons (Fsp3) is 0.600. The van der Waals surface area contributed by atoms with Gasteiger partial charge in [-0.05, 0) is 12.8 Å². The zero-order chi connectivity index (χ0) is 11.9. The van der Waals surface area contributed by atoms with Crippen LogP contribution in [-0.4, -0.2) is 54.0 Å². The summed E-state index contributed by atoms with van der Waals surface area (Å²) in [4.78, 5) is 40.8. The molecule has 2 rings (SSSR count). The molecule has 4 amide bonds. The lowest BCUT2D eigenvalue weighted by atomic mass is 10.1. The average molecular weight is 223 g/mol. The van der Waals surface area contributed by atoms with E-state index in [1.54, 1.807) is 0 Å². The summed E-state index contributed by atoms with van der Waals surface area (Å²) >= 11 is 0. The molecule has 0 spiro atoms. The van der Waals surface area contributed by atoms with Crippen LogP contribution in [0.3, 0.4) is 0 Å². The maximum Gasteiger partial charge on any atom is 0.332 e. The van der Waals surface area contributed by atoms with Crippen LogP contribution in [0.1, 0.15) is 12.8 Å². The van der Waals surface area contributed by atoms with Crippen LogP contribution >= 0.6 is 0 Å². The molecule has 2 fully saturated rings. The molecule has 0 radical (unpaired) electrons. The standard InChI is InChI=1S/C10H13N3O3/c1-12-8(14)7(5-11-6-3-4-6)9(15)13(2)10(12)16/h5-7H,3-4H2,1-2H3. The first-order valence-electron chi connectivity index (χ1n) is 5.14. The number of aliphatic imine (C=N–C) groups is 1. The molecule has 1 saturated heterocycles. The van der Waals surface area contributed by atoms with Crippen LogP contribution in [0.2, 0.25) is 0 Å². The minimum absolute atomic E-state index is 0.258. The van der Waals surface area contributed by atoms with E-state index in [4.69, 9.17) is 0 Å². The summed E-state index contributed by atoms with van der Waals surface area (Å²) < 4.78 is 0. The van der Waals surface area contributed by atoms with Gasteiger partial charge in [0.05, 0.1) is 0 Å². The third-order valence-corrected chi connectivity index (χ3v) is 2.76. The molecule has 1 saturated carbocycles. The van der Waals surface area contributed by atoms with Gasteiger partial charge in [-0.3, -0.25) is 24.4 Å². The second-order valence-corrected chi connectivity index (χ2v) is 4.08. The monoisotopic (exact) mass is 223 g/mol. The van der Waals surface area contributed by atoms with Crippen LogP contribution < -0.4 is 0 Å². The van der Waals surface area contributed by atoms with E-state index in [9.17, 15) is 14.4 Å². The summed E-state index contributed by atoms with van der Waals surface area (Å²) in [6.45, 7) is 0. The van der Waals surface area contributed by atoms with E-state index in [1.807, 2.05) is 0 Å². The fourth-order valence-corrected chi connectivity index (χ4v) is 1.50. The Bertz CT molecular complexity index is 363. The second-order valence-electron chi connectivity index (χ2n) is 4.08. The van der Waals surface area contributed by atoms with Gasteiger partial charge in [-0.2, -0.15) is 0 Å². The molecule has 1 aliphatic carbocycles. The third-order valence-electron chi connectivity index (χ3n) is 2.76. The minimum Gasteiger partial charge on any atom is -0.293 e. The molecule has 0 aromatic carbocycles. The molecular weight excluding hydrogens is 210 g/mol. The summed E-state index contributed by atoms with van der Waals surface area (Å²) in [6.07, 6.45) is 3.40. The predicted molar refractivity (Wildman–Crippen MR) is 55.9 cm³/mol. The molecule has 16 heavy (non-hydrogen) atoms. The maximum atomic E-state index is 11.7. The summed E-state index contributed by atoms with van der Waals surface area (Å²) in [5.74, 6) is -1.94. The van der Waals surface area contributed by atoms with Gasteiger partial charge in [0, 0.05) is 26.4 Å². The molecule has 6 heteroatoms. The van der Waals surface area contributed by atoms with Gasteiger partial charge in [0.1, 0.15) is 0 Å². The van der Waals surface area contributed by atoms with Gasteiger partial charge in [-0.1, -0.05) is 0 Å². The van der Waals surface area contributed by atoms with Crippen molar-refractivity contribution in [3.63, 3.8) is 0 Å². The van der Waals surface area contributed by atoms with Crippen LogP contribution in [0.25, 0.3) is 0 Å². The molecule has 1 aliphatic heterocycles. The van der Waals surface area contributed by atoms with Gasteiger partial charge in [-0.15, -0.1) is 0 Å². The molecule has 1 heterocycles. The van der Waals surface area contributed by atoms with E-state index in [1.165, 1.54) is 20.3 Å². The molecule has 0 aromatic rings. The lowest BCUT2D eigenvalue weighted by Gasteiger charge is -2.31. The first kappa shape index (κ1) is 10.8. The Hall–Kier alpha value is -1.72. The Balaban J connectivity index is 2.18. The van der Waals surface area contributed by atoms with Crippen LogP contribution in [0.4, 0.5) is 4.79 Å². The number of amides is 4. The normalized spacial score (nSPS) is 23.8. The van der Waals surface area contributed by atoms with Crippen molar-refractivity contribution in [2.45, 2.75) is 18.9 Å². The topological polar surface area (TPSA) is 70.1 Å². The van der Waals surface area contributed by atoms with E-state index in [-0.39, 0.29) is 6.04 Å². The molecular formula is C10H13N3O3. The van der Waals surface area contributed by atoms with E-state index in [0.29, 0.717) is 0 Å². The van der Waals surface area contributed by atoms with Gasteiger partial charge in [0.15, 0.2) is 5.92 Å². The van der Waals surface area contributed by atoms with Crippen LogP contribution in [0.15, 0.2) is 4.99 Å². The zero-order valence-corrected chi connectivity index (χ0v) is 9.21. The number of barbiturate groups is 1. The second kappa shape index (κ2) is 3.70. The number of imide groups is 2. The van der Waals surface area contributed by atoms with Crippen LogP contribution in [0.5, 0.6) is 0 Å². The van der Waals surface area contributed by atoms with Crippen molar-refractivity contribution < 1.29 is 14.4 Å². The molecule has 0 atom stereocenters. The lowest BCUT2D eigenvalue weighted by molar-refractivity contribution is -0.144. The highest BCUT2D eigenvalue weighted by atomic mass is 16.2. The SMILES string of the molecule is CN1C(=O)C(C=NC2CC2)C(=O)N(C)C1=O. The van der Waals surface area contributed by atoms with E-state index in [0.717, 1.165) is 22.6 Å². The molecule has 2 aliphatic rings. The number of carbonyl (C=O) groups is 3. The summed E-state index contributed by atoms with van der Waals surface area (Å²) in [5.41, 5.74) is 0. The maximum absolute atomic E-state index is 11.7. The van der Waals surface area contributed by atoms with Crippen molar-refractivity contribution in [2.24, 2.45) is 10.9 Å². The average Bonchev–Trinajstić information content (AvgIpc) is 3.07. The fourth-order valence-electron chi connectivity index (χ4n) is 1.50. The van der Waals surface area contributed by atoms with E-state index in [2.05, 4.69) is 4.99 Å². The molecule has 0 bridgehead atoms. The van der Waals surface area contributed by atoms with Gasteiger partial charge < -0.3 is 0 Å². The van der Waals surface area contributed by atoms with Gasteiger partial charge in [-0.25, -0.2) is 4.79 Å². The first-order chi connectivity index (χ1) is 7.52. The van der Waals surface area contributed by atoms with Crippen LogP contribution in [0, 0.1) is 5.92 Å². The summed E-state index contributed by atoms with van der Waals surface area (Å²) in [5, 5.41) is 0. The summed E-state index contributed by atoms with van der Waals surface area (Å²) in [6, 6.07) is -0.333. The third kappa shape index (κ3) is 1.70. The molecule has 86 valence electrons. The Morgan fingerprint density at radius 1 is 1.12 bits per heavy atom. The summed E-state index contributed by atoms with van der Waals surface area (Å²) in [7, 11) is 2.73. The van der Waals surface area contributed by atoms with Crippen molar-refractivity contribution >= 4 is 24.1 Å². The number of rotatable bonds is 2. The van der Waals surface area contributed by atoms with E-state index >= 15 is 0 Å². The van der Waals surface area contributed by atoms with E-state index < -0.39 is 23.8 Å². The number of carbonyl (C=O) groups excluding carboxylic acids is 3. The van der Waals surface area contributed by atoms with Gasteiger partial charge in [0.2, 0.25) is 11.8 Å². The number of nitrogens with zero attached hydrogens (tertiary/aromatic N) is 3. The minimum atomic E-state index is -0.937. The highest BCUT2D eigenvalue weighted by Gasteiger charge is 2.41. The molecule has 0 N–H and O–H groups in total. The Kier molecular flexibility index (Phi) is 2.49. The molecule has 0 unspecified atom stereocenters. The molecule has 6 nitrogen and oxygen atoms in total. The largest absolute Gasteiger partial charge is 0.332 e. The number of hydrogen-bond donors (Lipinski definition) is 0. The quantitative estimate of drug-likeness (QED) is 0.484. The molecule has 0 aromatic heterocycles. The Labute approximate surface area is 92.9 Å². The highest BCUT2D eigenvalue weighted by molar-refractivity contribution is 6.23. The van der Waals surface area contributed by atoms with Crippen molar-refractivity contribution in [1.29, 1.82) is 0 Å². The number of hydrogen-bond acceptors (Lipinski definition) is 4. The first-order valence-corrected chi connectivity index (χ1v) is 5.14. The Morgan fingerprint density at radius 2 is 1.62 bits per heavy atom.